The third-order valence-electron chi connectivity index (χ3n) is 4.85. The molecule has 0 spiro atoms. The molecule has 1 fully saturated rings. The molecule has 1 aromatic heterocycles. The van der Waals surface area contributed by atoms with Crippen LogP contribution < -0.4 is 5.32 Å². The molecule has 1 aliphatic heterocycles. The normalized spacial score (nSPS) is 17.7. The number of aromatic amines is 1. The summed E-state index contributed by atoms with van der Waals surface area (Å²) < 4.78 is 5.33. The third-order valence-corrected chi connectivity index (χ3v) is 4.85. The van der Waals surface area contributed by atoms with Crippen molar-refractivity contribution in [3.63, 3.8) is 0 Å². The van der Waals surface area contributed by atoms with E-state index in [9.17, 15) is 20.0 Å². The number of aromatic nitrogens is 1. The number of phenols is 1. The summed E-state index contributed by atoms with van der Waals surface area (Å²) in [4.78, 5) is 30.2. The number of nitrogens with zero attached hydrogens (tertiary/aromatic N) is 2. The molecule has 154 valence electrons. The molecule has 0 radical (unpaired) electrons. The van der Waals surface area contributed by atoms with Crippen molar-refractivity contribution in [2.45, 2.75) is 57.7 Å². The molecule has 0 bridgehead atoms. The number of hydrogen-bond donors (Lipinski definition) is 3. The van der Waals surface area contributed by atoms with Gasteiger partial charge < -0.3 is 25.0 Å². The zero-order valence-electron chi connectivity index (χ0n) is 16.9. The lowest BCUT2D eigenvalue weighted by Crippen LogP contribution is -2.51. The number of likely N-dealkylation sites (tertiary alicyclic amines) is 1. The number of nitrogens with one attached hydrogen (secondary N) is 2. The van der Waals surface area contributed by atoms with Crippen LogP contribution in [0.15, 0.2) is 24.4 Å². The number of nitriles is 1. The van der Waals surface area contributed by atoms with Crippen LogP contribution in [0.3, 0.4) is 0 Å². The van der Waals surface area contributed by atoms with Gasteiger partial charge in [-0.15, -0.1) is 0 Å². The number of aromatic hydroxyl groups is 1. The lowest BCUT2D eigenvalue weighted by molar-refractivity contribution is -0.133. The standard InChI is InChI=1S/C21H26N4O4/c1-21(2,3)29-20(28)24-18(19(27)25-8-4-5-14(25)11-22)9-13-12-23-17-7-6-15(26)10-16(13)17/h6-7,10,12,14,18,23,26H,4-5,8-9H2,1-3H3,(H,24,28). The first kappa shape index (κ1) is 20.5. The Morgan fingerprint density at radius 1 is 1.45 bits per heavy atom. The van der Waals surface area contributed by atoms with Crippen LogP contribution in [-0.2, 0) is 16.0 Å². The third kappa shape index (κ3) is 4.80. The Bertz CT molecular complexity index is 954. The van der Waals surface area contributed by atoms with Gasteiger partial charge in [-0.3, -0.25) is 4.79 Å². The molecule has 2 amide bonds. The van der Waals surface area contributed by atoms with E-state index in [1.165, 1.54) is 4.90 Å². The highest BCUT2D eigenvalue weighted by molar-refractivity contribution is 5.89. The Labute approximate surface area is 169 Å². The van der Waals surface area contributed by atoms with Gasteiger partial charge in [-0.2, -0.15) is 5.26 Å². The molecule has 0 aliphatic carbocycles. The molecule has 29 heavy (non-hydrogen) atoms. The van der Waals surface area contributed by atoms with Crippen molar-refractivity contribution in [1.29, 1.82) is 5.26 Å². The van der Waals surface area contributed by atoms with Gasteiger partial charge in [0.05, 0.1) is 6.07 Å². The average Bonchev–Trinajstić information content (AvgIpc) is 3.25. The second kappa shape index (κ2) is 8.03. The van der Waals surface area contributed by atoms with E-state index in [0.717, 1.165) is 22.9 Å². The highest BCUT2D eigenvalue weighted by atomic mass is 16.6. The summed E-state index contributed by atoms with van der Waals surface area (Å²) in [5.74, 6) is -0.195. The fraction of sp³-hybridized carbons (Fsp3) is 0.476. The molecule has 2 aromatic rings. The quantitative estimate of drug-likeness (QED) is 0.732. The molecule has 3 N–H and O–H groups in total. The predicted octanol–water partition coefficient (Wildman–Crippen LogP) is 2.82. The van der Waals surface area contributed by atoms with Crippen LogP contribution in [0.5, 0.6) is 5.75 Å². The van der Waals surface area contributed by atoms with E-state index in [2.05, 4.69) is 16.4 Å². The van der Waals surface area contributed by atoms with E-state index in [1.54, 1.807) is 45.2 Å². The summed E-state index contributed by atoms with van der Waals surface area (Å²) in [5, 5.41) is 22.6. The SMILES string of the molecule is CC(C)(C)OC(=O)NC(Cc1c[nH]c2ccc(O)cc12)C(=O)N1CCCC1C#N. The van der Waals surface area contributed by atoms with Gasteiger partial charge in [0, 0.05) is 30.1 Å². The molecular formula is C21H26N4O4. The van der Waals surface area contributed by atoms with Gasteiger partial charge in [0.1, 0.15) is 23.4 Å². The Kier molecular flexibility index (Phi) is 5.69. The lowest BCUT2D eigenvalue weighted by atomic mass is 10.0. The number of benzene rings is 1. The lowest BCUT2D eigenvalue weighted by Gasteiger charge is -2.27. The minimum atomic E-state index is -0.889. The van der Waals surface area contributed by atoms with Gasteiger partial charge in [-0.25, -0.2) is 4.79 Å². The Hall–Kier alpha value is -3.21. The maximum atomic E-state index is 13.2. The first-order valence-electron chi connectivity index (χ1n) is 9.66. The van der Waals surface area contributed by atoms with Crippen molar-refractivity contribution in [3.8, 4) is 11.8 Å². The molecule has 8 nitrogen and oxygen atoms in total. The number of rotatable bonds is 4. The van der Waals surface area contributed by atoms with Crippen molar-refractivity contribution in [2.75, 3.05) is 6.54 Å². The number of amides is 2. The van der Waals surface area contributed by atoms with E-state index in [4.69, 9.17) is 4.74 Å². The topological polar surface area (TPSA) is 118 Å². The number of carbonyl (C=O) groups is 2. The minimum Gasteiger partial charge on any atom is -0.508 e. The Morgan fingerprint density at radius 3 is 2.90 bits per heavy atom. The van der Waals surface area contributed by atoms with Crippen molar-refractivity contribution >= 4 is 22.9 Å². The maximum Gasteiger partial charge on any atom is 0.408 e. The van der Waals surface area contributed by atoms with Crippen molar-refractivity contribution < 1.29 is 19.4 Å². The number of ether oxygens (including phenoxy) is 1. The summed E-state index contributed by atoms with van der Waals surface area (Å²) in [6.45, 7) is 5.73. The monoisotopic (exact) mass is 398 g/mol. The average molecular weight is 398 g/mol. The summed E-state index contributed by atoms with van der Waals surface area (Å²) in [6, 6.07) is 5.72. The summed E-state index contributed by atoms with van der Waals surface area (Å²) in [7, 11) is 0. The fourth-order valence-corrected chi connectivity index (χ4v) is 3.57. The molecule has 2 unspecified atom stereocenters. The smallest absolute Gasteiger partial charge is 0.408 e. The largest absolute Gasteiger partial charge is 0.508 e. The number of hydrogen-bond acceptors (Lipinski definition) is 5. The van der Waals surface area contributed by atoms with E-state index in [-0.39, 0.29) is 18.1 Å². The molecular weight excluding hydrogens is 372 g/mol. The molecule has 1 aliphatic rings. The Morgan fingerprint density at radius 2 is 2.21 bits per heavy atom. The molecule has 3 rings (SSSR count). The number of phenolic OH excluding ortho intramolecular Hbond substituents is 1. The highest BCUT2D eigenvalue weighted by Gasteiger charge is 2.35. The summed E-state index contributed by atoms with van der Waals surface area (Å²) in [6.07, 6.45) is 2.65. The molecule has 2 heterocycles. The highest BCUT2D eigenvalue weighted by Crippen LogP contribution is 2.25. The molecule has 8 heteroatoms. The fourth-order valence-electron chi connectivity index (χ4n) is 3.57. The van der Waals surface area contributed by atoms with Crippen LogP contribution in [0.2, 0.25) is 0 Å². The maximum absolute atomic E-state index is 13.2. The van der Waals surface area contributed by atoms with Crippen LogP contribution in [0.25, 0.3) is 10.9 Å². The summed E-state index contributed by atoms with van der Waals surface area (Å²) >= 11 is 0. The van der Waals surface area contributed by atoms with E-state index in [1.807, 2.05) is 0 Å². The van der Waals surface area contributed by atoms with Crippen LogP contribution in [0, 0.1) is 11.3 Å². The van der Waals surface area contributed by atoms with Crippen molar-refractivity contribution in [2.24, 2.45) is 0 Å². The van der Waals surface area contributed by atoms with Gasteiger partial charge in [-0.1, -0.05) is 0 Å². The van der Waals surface area contributed by atoms with Crippen LogP contribution in [-0.4, -0.2) is 51.2 Å². The first-order valence-corrected chi connectivity index (χ1v) is 9.66. The Balaban J connectivity index is 1.87. The number of H-pyrrole nitrogens is 1. The van der Waals surface area contributed by atoms with Gasteiger partial charge in [0.2, 0.25) is 5.91 Å². The van der Waals surface area contributed by atoms with E-state index in [0.29, 0.717) is 13.0 Å². The van der Waals surface area contributed by atoms with Gasteiger partial charge in [0.15, 0.2) is 0 Å². The van der Waals surface area contributed by atoms with Crippen molar-refractivity contribution in [1.82, 2.24) is 15.2 Å². The zero-order valence-corrected chi connectivity index (χ0v) is 16.9. The van der Waals surface area contributed by atoms with Crippen LogP contribution in [0.4, 0.5) is 4.79 Å². The predicted molar refractivity (Wildman–Crippen MR) is 107 cm³/mol. The molecule has 2 atom stereocenters. The molecule has 1 aromatic carbocycles. The number of alkyl carbamates (subject to hydrolysis) is 1. The second-order valence-electron chi connectivity index (χ2n) is 8.27. The van der Waals surface area contributed by atoms with Crippen molar-refractivity contribution in [3.05, 3.63) is 30.0 Å². The molecule has 1 saturated heterocycles. The van der Waals surface area contributed by atoms with Gasteiger partial charge >= 0.3 is 6.09 Å². The first-order chi connectivity index (χ1) is 13.7. The zero-order chi connectivity index (χ0) is 21.2. The van der Waals surface area contributed by atoms with Gasteiger partial charge in [0.25, 0.3) is 0 Å². The minimum absolute atomic E-state index is 0.116. The van der Waals surface area contributed by atoms with Crippen LogP contribution >= 0.6 is 0 Å². The van der Waals surface area contributed by atoms with E-state index >= 15 is 0 Å². The summed E-state index contributed by atoms with van der Waals surface area (Å²) in [5.41, 5.74) is 0.892. The number of fused-ring (bicyclic) bond motifs is 1. The van der Waals surface area contributed by atoms with Gasteiger partial charge in [-0.05, 0) is 57.4 Å². The number of carbonyl (C=O) groups excluding carboxylic acids is 2. The molecule has 0 saturated carbocycles. The van der Waals surface area contributed by atoms with E-state index < -0.39 is 23.8 Å². The second-order valence-corrected chi connectivity index (χ2v) is 8.27. The van der Waals surface area contributed by atoms with Crippen LogP contribution in [0.1, 0.15) is 39.2 Å².